The highest BCUT2D eigenvalue weighted by Gasteiger charge is 2.04. The van der Waals surface area contributed by atoms with Crippen molar-refractivity contribution < 1.29 is 0 Å². The van der Waals surface area contributed by atoms with Gasteiger partial charge in [-0.15, -0.1) is 0 Å². The van der Waals surface area contributed by atoms with Crippen LogP contribution >= 0.6 is 0 Å². The second-order valence-electron chi connectivity index (χ2n) is 4.33. The number of nitrogens with zero attached hydrogens (tertiary/aromatic N) is 1. The van der Waals surface area contributed by atoms with Crippen LogP contribution in [0.25, 0.3) is 0 Å². The minimum atomic E-state index is 0.104. The maximum absolute atomic E-state index is 8.63. The topological polar surface area (TPSA) is 35.8 Å². The Morgan fingerprint density at radius 1 is 1.25 bits per heavy atom. The summed E-state index contributed by atoms with van der Waals surface area (Å²) in [4.78, 5) is 0. The standard InChI is InChI=1S/C14H20N2/c1-12(10-15)11-16-9-8-13(2)14-6-4-3-5-7-14/h3-7,12-13,16H,8-9,11H2,1-2H3. The Bertz CT molecular complexity index is 326. The quantitative estimate of drug-likeness (QED) is 0.742. The van der Waals surface area contributed by atoms with Crippen molar-refractivity contribution in [3.63, 3.8) is 0 Å². The van der Waals surface area contributed by atoms with Crippen LogP contribution in [0.5, 0.6) is 0 Å². The number of nitrogens with one attached hydrogen (secondary N) is 1. The van der Waals surface area contributed by atoms with E-state index in [9.17, 15) is 0 Å². The summed E-state index contributed by atoms with van der Waals surface area (Å²) in [6.45, 7) is 5.94. The zero-order chi connectivity index (χ0) is 11.8. The molecule has 2 atom stereocenters. The van der Waals surface area contributed by atoms with Gasteiger partial charge in [0, 0.05) is 6.54 Å². The van der Waals surface area contributed by atoms with Crippen molar-refractivity contribution in [1.82, 2.24) is 5.32 Å². The molecule has 0 heterocycles. The van der Waals surface area contributed by atoms with Gasteiger partial charge < -0.3 is 5.32 Å². The molecule has 0 aliphatic carbocycles. The van der Waals surface area contributed by atoms with Crippen LogP contribution in [0.3, 0.4) is 0 Å². The van der Waals surface area contributed by atoms with Crippen LogP contribution in [0.4, 0.5) is 0 Å². The van der Waals surface area contributed by atoms with Gasteiger partial charge in [0.2, 0.25) is 0 Å². The lowest BCUT2D eigenvalue weighted by Crippen LogP contribution is -2.22. The molecule has 1 rings (SSSR count). The van der Waals surface area contributed by atoms with Gasteiger partial charge in [0.05, 0.1) is 12.0 Å². The minimum absolute atomic E-state index is 0.104. The van der Waals surface area contributed by atoms with Crippen molar-refractivity contribution >= 4 is 0 Å². The molecule has 0 aromatic heterocycles. The van der Waals surface area contributed by atoms with E-state index in [0.29, 0.717) is 5.92 Å². The lowest BCUT2D eigenvalue weighted by atomic mass is 9.98. The van der Waals surface area contributed by atoms with Gasteiger partial charge in [-0.05, 0) is 31.4 Å². The Kier molecular flexibility index (Phi) is 5.60. The molecule has 0 fully saturated rings. The predicted octanol–water partition coefficient (Wildman–Crippen LogP) is 2.93. The summed E-state index contributed by atoms with van der Waals surface area (Å²) in [6, 6.07) is 12.8. The summed E-state index contributed by atoms with van der Waals surface area (Å²) < 4.78 is 0. The summed E-state index contributed by atoms with van der Waals surface area (Å²) in [5, 5.41) is 11.9. The van der Waals surface area contributed by atoms with Crippen molar-refractivity contribution in [3.8, 4) is 6.07 Å². The molecular weight excluding hydrogens is 196 g/mol. The first kappa shape index (κ1) is 12.7. The van der Waals surface area contributed by atoms with E-state index in [-0.39, 0.29) is 5.92 Å². The van der Waals surface area contributed by atoms with Crippen LogP contribution in [0.1, 0.15) is 31.7 Å². The average Bonchev–Trinajstić information content (AvgIpc) is 2.35. The third kappa shape index (κ3) is 4.46. The first-order valence-corrected chi connectivity index (χ1v) is 5.89. The van der Waals surface area contributed by atoms with Gasteiger partial charge in [-0.25, -0.2) is 0 Å². The molecule has 1 aromatic rings. The van der Waals surface area contributed by atoms with Crippen molar-refractivity contribution in [1.29, 1.82) is 5.26 Å². The van der Waals surface area contributed by atoms with Crippen molar-refractivity contribution in [2.45, 2.75) is 26.2 Å². The van der Waals surface area contributed by atoms with Crippen LogP contribution in [-0.2, 0) is 0 Å². The molecule has 0 saturated carbocycles. The van der Waals surface area contributed by atoms with Crippen LogP contribution in [0.15, 0.2) is 30.3 Å². The molecule has 16 heavy (non-hydrogen) atoms. The largest absolute Gasteiger partial charge is 0.315 e. The Hall–Kier alpha value is -1.33. The zero-order valence-corrected chi connectivity index (χ0v) is 10.1. The Labute approximate surface area is 98.3 Å². The first-order valence-electron chi connectivity index (χ1n) is 5.89. The number of nitriles is 1. The van der Waals surface area contributed by atoms with E-state index < -0.39 is 0 Å². The Morgan fingerprint density at radius 2 is 1.94 bits per heavy atom. The fourth-order valence-corrected chi connectivity index (χ4v) is 1.63. The van der Waals surface area contributed by atoms with Gasteiger partial charge in [0.15, 0.2) is 0 Å². The molecule has 0 radical (unpaired) electrons. The fourth-order valence-electron chi connectivity index (χ4n) is 1.63. The second-order valence-corrected chi connectivity index (χ2v) is 4.33. The highest BCUT2D eigenvalue weighted by molar-refractivity contribution is 5.18. The van der Waals surface area contributed by atoms with E-state index in [1.54, 1.807) is 0 Å². The zero-order valence-electron chi connectivity index (χ0n) is 10.1. The molecule has 2 nitrogen and oxygen atoms in total. The molecule has 0 amide bonds. The fraction of sp³-hybridized carbons (Fsp3) is 0.500. The number of benzene rings is 1. The molecule has 1 aromatic carbocycles. The Morgan fingerprint density at radius 3 is 2.56 bits per heavy atom. The van der Waals surface area contributed by atoms with Gasteiger partial charge in [-0.1, -0.05) is 37.3 Å². The summed E-state index contributed by atoms with van der Waals surface area (Å²) in [5.74, 6) is 0.679. The number of hydrogen-bond acceptors (Lipinski definition) is 2. The van der Waals surface area contributed by atoms with Crippen LogP contribution < -0.4 is 5.32 Å². The van der Waals surface area contributed by atoms with Crippen LogP contribution in [0, 0.1) is 17.2 Å². The highest BCUT2D eigenvalue weighted by Crippen LogP contribution is 2.17. The first-order chi connectivity index (χ1) is 7.74. The molecule has 0 aliphatic heterocycles. The summed E-state index contributed by atoms with van der Waals surface area (Å²) in [5.41, 5.74) is 1.39. The van der Waals surface area contributed by atoms with E-state index in [2.05, 4.69) is 42.6 Å². The maximum Gasteiger partial charge on any atom is 0.0666 e. The predicted molar refractivity (Wildman–Crippen MR) is 67.1 cm³/mol. The number of hydrogen-bond donors (Lipinski definition) is 1. The maximum atomic E-state index is 8.63. The average molecular weight is 216 g/mol. The van der Waals surface area contributed by atoms with Gasteiger partial charge in [0.1, 0.15) is 0 Å². The van der Waals surface area contributed by atoms with Crippen molar-refractivity contribution in [2.75, 3.05) is 13.1 Å². The molecular formula is C14H20N2. The second kappa shape index (κ2) is 7.03. The third-order valence-corrected chi connectivity index (χ3v) is 2.79. The molecule has 0 spiro atoms. The molecule has 2 heteroatoms. The van der Waals surface area contributed by atoms with Crippen molar-refractivity contribution in [3.05, 3.63) is 35.9 Å². The SMILES string of the molecule is CC(C#N)CNCCC(C)c1ccccc1. The van der Waals surface area contributed by atoms with E-state index in [0.717, 1.165) is 19.5 Å². The van der Waals surface area contributed by atoms with E-state index in [1.807, 2.05) is 13.0 Å². The van der Waals surface area contributed by atoms with E-state index in [1.165, 1.54) is 5.56 Å². The van der Waals surface area contributed by atoms with E-state index in [4.69, 9.17) is 5.26 Å². The Balaban J connectivity index is 2.21. The lowest BCUT2D eigenvalue weighted by molar-refractivity contribution is 0.556. The molecule has 1 N–H and O–H groups in total. The number of rotatable bonds is 6. The molecule has 2 unspecified atom stereocenters. The molecule has 0 saturated heterocycles. The monoisotopic (exact) mass is 216 g/mol. The smallest absolute Gasteiger partial charge is 0.0666 e. The van der Waals surface area contributed by atoms with Gasteiger partial charge in [-0.2, -0.15) is 5.26 Å². The van der Waals surface area contributed by atoms with Crippen molar-refractivity contribution in [2.24, 2.45) is 5.92 Å². The summed E-state index contributed by atoms with van der Waals surface area (Å²) in [7, 11) is 0. The van der Waals surface area contributed by atoms with E-state index >= 15 is 0 Å². The normalized spacial score (nSPS) is 14.1. The van der Waals surface area contributed by atoms with Crippen LogP contribution in [0.2, 0.25) is 0 Å². The molecule has 0 aliphatic rings. The van der Waals surface area contributed by atoms with Crippen LogP contribution in [-0.4, -0.2) is 13.1 Å². The third-order valence-electron chi connectivity index (χ3n) is 2.79. The summed E-state index contributed by atoms with van der Waals surface area (Å²) in [6.07, 6.45) is 1.11. The van der Waals surface area contributed by atoms with Gasteiger partial charge >= 0.3 is 0 Å². The highest BCUT2D eigenvalue weighted by atomic mass is 14.8. The lowest BCUT2D eigenvalue weighted by Gasteiger charge is -2.12. The van der Waals surface area contributed by atoms with Gasteiger partial charge in [0.25, 0.3) is 0 Å². The molecule has 86 valence electrons. The summed E-state index contributed by atoms with van der Waals surface area (Å²) >= 11 is 0. The molecule has 0 bridgehead atoms. The minimum Gasteiger partial charge on any atom is -0.315 e. The van der Waals surface area contributed by atoms with Gasteiger partial charge in [-0.3, -0.25) is 0 Å².